The van der Waals surface area contributed by atoms with Crippen molar-refractivity contribution in [3.63, 3.8) is 0 Å². The van der Waals surface area contributed by atoms with Crippen molar-refractivity contribution in [2.75, 3.05) is 0 Å². The monoisotopic (exact) mass is 319 g/mol. The summed E-state index contributed by atoms with van der Waals surface area (Å²) in [7, 11) is 0. The summed E-state index contributed by atoms with van der Waals surface area (Å²) in [6.07, 6.45) is 0. The Labute approximate surface area is 76.2 Å². The first-order valence-corrected chi connectivity index (χ1v) is 0.894. The Morgan fingerprint density at radius 2 is 0.500 bits per heavy atom. The van der Waals surface area contributed by atoms with E-state index in [1.54, 1.807) is 0 Å². The molecule has 0 saturated heterocycles. The van der Waals surface area contributed by atoms with Gasteiger partial charge in [0.2, 0.25) is 0 Å². The molecule has 0 aliphatic heterocycles. The first-order chi connectivity index (χ1) is 4.00. The van der Waals surface area contributed by atoms with E-state index < -0.39 is 0 Å². The molecule has 0 aromatic heterocycles. The van der Waals surface area contributed by atoms with Gasteiger partial charge < -0.3 is 53.5 Å². The molecule has 56 valence electrons. The van der Waals surface area contributed by atoms with Crippen LogP contribution < -0.4 is 6.15 Å². The van der Waals surface area contributed by atoms with Crippen LogP contribution in [0.4, 0.5) is 0 Å². The minimum atomic E-state index is 0. The summed E-state index contributed by atoms with van der Waals surface area (Å²) in [4.78, 5) is 0. The fourth-order valence-corrected chi connectivity index (χ4v) is 0. The average Bonchev–Trinajstić information content (AvgIpc) is 2.03. The van der Waals surface area contributed by atoms with E-state index in [4.69, 9.17) is 47.3 Å². The van der Waals surface area contributed by atoms with Crippen molar-refractivity contribution in [3.05, 3.63) is 26.3 Å². The molecule has 6 heteroatoms. The van der Waals surface area contributed by atoms with E-state index in [1.807, 2.05) is 0 Å². The van der Waals surface area contributed by atoms with Gasteiger partial charge in [-0.1, -0.05) is 0 Å². The minimum Gasteiger partial charge on any atom is -0.512 e. The summed E-state index contributed by atoms with van der Waals surface area (Å²) >= 11 is 0. The maximum Gasteiger partial charge on any atom is 3.00 e. The molecule has 0 saturated carbocycles. The summed E-state index contributed by atoms with van der Waals surface area (Å²) in [6, 6.07) is 0. The Balaban J connectivity index is -0.00000000500. The third-order valence-corrected chi connectivity index (χ3v) is 0. The normalized spacial score (nSPS) is 0.800. The molecule has 4 N–H and O–H groups in total. The standard InChI is InChI=1S/4CN.Au.H3N/c4*1-2;;/h;;;;;1H3/q4*-1;+3;/p+1. The zero-order valence-electron chi connectivity index (χ0n) is 5.09. The number of quaternary nitrogens is 1. The van der Waals surface area contributed by atoms with Gasteiger partial charge in [-0.3, -0.25) is 0 Å². The van der Waals surface area contributed by atoms with Crippen LogP contribution in [0.25, 0.3) is 0 Å². The second-order valence-corrected chi connectivity index (χ2v) is 0. The molecule has 0 rings (SSSR count). The fourth-order valence-electron chi connectivity index (χ4n) is 0. The van der Waals surface area contributed by atoms with Crippen LogP contribution in [0.15, 0.2) is 0 Å². The molecule has 0 fully saturated rings. The largest absolute Gasteiger partial charge is 3.00 e. The third kappa shape index (κ3) is 119. The third-order valence-electron chi connectivity index (χ3n) is 0. The predicted molar refractivity (Wildman–Crippen MR) is 25.9 cm³/mol. The number of hydrogen-bond acceptors (Lipinski definition) is 4. The quantitative estimate of drug-likeness (QED) is 0.521. The van der Waals surface area contributed by atoms with Gasteiger partial charge in [0.25, 0.3) is 0 Å². The van der Waals surface area contributed by atoms with Gasteiger partial charge in [-0.05, 0) is 0 Å². The molecule has 10 heavy (non-hydrogen) atoms. The van der Waals surface area contributed by atoms with Crippen LogP contribution in [-0.2, 0) is 22.4 Å². The van der Waals surface area contributed by atoms with E-state index in [0.717, 1.165) is 0 Å². The Morgan fingerprint density at radius 1 is 0.500 bits per heavy atom. The molecule has 0 heterocycles. The maximum absolute atomic E-state index is 6.25. The molecule has 0 radical (unpaired) electrons. The van der Waals surface area contributed by atoms with Gasteiger partial charge >= 0.3 is 22.4 Å². The molecule has 0 spiro atoms. The van der Waals surface area contributed by atoms with E-state index in [1.165, 1.54) is 0 Å². The van der Waals surface area contributed by atoms with Gasteiger partial charge in [-0.2, -0.15) is 0 Å². The SMILES string of the molecule is [Au+3].[C-]#N.[C-]#N.[C-]#N.[C-]#N.[NH4+]. The van der Waals surface area contributed by atoms with Gasteiger partial charge in [0.15, 0.2) is 0 Å². The van der Waals surface area contributed by atoms with Crippen molar-refractivity contribution in [2.24, 2.45) is 0 Å². The first kappa shape index (κ1) is 71.8. The number of rotatable bonds is 0. The molecular weight excluding hydrogens is 315 g/mol. The molecule has 0 amide bonds. The summed E-state index contributed by atoms with van der Waals surface area (Å²) in [5.74, 6) is 0. The Bertz CT molecular complexity index is 56.6. The van der Waals surface area contributed by atoms with Crippen molar-refractivity contribution >= 4 is 0 Å². The topological polar surface area (TPSA) is 132 Å². The molecule has 5 nitrogen and oxygen atoms in total. The average molecular weight is 319 g/mol. The molecule has 0 aromatic carbocycles. The molecule has 0 aliphatic carbocycles. The van der Waals surface area contributed by atoms with E-state index in [0.29, 0.717) is 0 Å². The van der Waals surface area contributed by atoms with Crippen molar-refractivity contribution in [1.82, 2.24) is 6.15 Å². The van der Waals surface area contributed by atoms with E-state index in [9.17, 15) is 0 Å². The van der Waals surface area contributed by atoms with E-state index in [2.05, 4.69) is 0 Å². The van der Waals surface area contributed by atoms with Gasteiger partial charge in [-0.25, -0.2) is 0 Å². The zero-order chi connectivity index (χ0) is 8.00. The Morgan fingerprint density at radius 3 is 0.500 bits per heavy atom. The molecule has 0 bridgehead atoms. The molecule has 0 atom stereocenters. The van der Waals surface area contributed by atoms with Crippen molar-refractivity contribution in [1.29, 1.82) is 21.0 Å². The first-order valence-electron chi connectivity index (χ1n) is 0.894. The Hall–Kier alpha value is -1.34. The van der Waals surface area contributed by atoms with Crippen molar-refractivity contribution in [2.45, 2.75) is 0 Å². The second kappa shape index (κ2) is 189. The van der Waals surface area contributed by atoms with E-state index >= 15 is 0 Å². The summed E-state index contributed by atoms with van der Waals surface area (Å²) in [6.45, 7) is 19.0. The molecule has 0 aliphatic rings. The van der Waals surface area contributed by atoms with Crippen LogP contribution in [0.3, 0.4) is 0 Å². The van der Waals surface area contributed by atoms with Crippen LogP contribution in [0, 0.1) is 47.3 Å². The molecule has 0 unspecified atom stereocenters. The van der Waals surface area contributed by atoms with Crippen LogP contribution >= 0.6 is 0 Å². The second-order valence-electron chi connectivity index (χ2n) is 0. The number of nitrogens with zero attached hydrogens (tertiary/aromatic N) is 4. The Kier molecular flexibility index (Phi) is 1360. The van der Waals surface area contributed by atoms with Gasteiger partial charge in [0.1, 0.15) is 0 Å². The zero-order valence-corrected chi connectivity index (χ0v) is 7.26. The molecular formula is C4H4AuN5. The van der Waals surface area contributed by atoms with Gasteiger partial charge in [-0.15, -0.1) is 0 Å². The van der Waals surface area contributed by atoms with E-state index in [-0.39, 0.29) is 28.5 Å². The van der Waals surface area contributed by atoms with Gasteiger partial charge in [0.05, 0.1) is 0 Å². The van der Waals surface area contributed by atoms with Crippen LogP contribution in [-0.4, -0.2) is 0 Å². The summed E-state index contributed by atoms with van der Waals surface area (Å²) in [5.41, 5.74) is 0. The smallest absolute Gasteiger partial charge is 0.512 e. The van der Waals surface area contributed by atoms with Crippen molar-refractivity contribution < 1.29 is 22.4 Å². The summed E-state index contributed by atoms with van der Waals surface area (Å²) < 4.78 is 0. The minimum absolute atomic E-state index is 0. The molecule has 0 aromatic rings. The number of hydrogen-bond donors (Lipinski definition) is 1. The van der Waals surface area contributed by atoms with Crippen LogP contribution in [0.5, 0.6) is 0 Å². The van der Waals surface area contributed by atoms with Crippen LogP contribution in [0.2, 0.25) is 0 Å². The van der Waals surface area contributed by atoms with Crippen LogP contribution in [0.1, 0.15) is 0 Å². The van der Waals surface area contributed by atoms with Gasteiger partial charge in [0, 0.05) is 0 Å². The fraction of sp³-hybridized carbons (Fsp3) is 0. The van der Waals surface area contributed by atoms with Crippen molar-refractivity contribution in [3.8, 4) is 0 Å². The maximum atomic E-state index is 6.25. The summed E-state index contributed by atoms with van der Waals surface area (Å²) in [5, 5.41) is 25.0. The predicted octanol–water partition coefficient (Wildman–Crippen LogP) is 0.759.